The topological polar surface area (TPSA) is 283 Å². The van der Waals surface area contributed by atoms with E-state index in [0.717, 1.165) is 58.0 Å². The van der Waals surface area contributed by atoms with Crippen LogP contribution in [-0.2, 0) is 4.74 Å². The summed E-state index contributed by atoms with van der Waals surface area (Å²) in [5, 5.41) is 10.3. The Morgan fingerprint density at radius 3 is 1.12 bits per heavy atom. The average Bonchev–Trinajstić information content (AvgIpc) is 1.30. The Morgan fingerprint density at radius 1 is 0.402 bits per heavy atom. The van der Waals surface area contributed by atoms with Gasteiger partial charge in [-0.05, 0) is 151 Å². The molecule has 1 saturated carbocycles. The summed E-state index contributed by atoms with van der Waals surface area (Å²) in [5.74, 6) is -1.78. The van der Waals surface area contributed by atoms with Crippen LogP contribution < -0.4 is 74.8 Å². The highest BCUT2D eigenvalue weighted by Gasteiger charge is 2.55. The molecule has 31 nitrogen and oxygen atoms in total. The van der Waals surface area contributed by atoms with Crippen molar-refractivity contribution in [2.75, 3.05) is 71.0 Å². The summed E-state index contributed by atoms with van der Waals surface area (Å²) in [5.41, 5.74) is 0.146. The van der Waals surface area contributed by atoms with Gasteiger partial charge >= 0.3 is 6.18 Å². The van der Waals surface area contributed by atoms with Crippen LogP contribution in [0.2, 0.25) is 0 Å². The predicted octanol–water partition coefficient (Wildman–Crippen LogP) is 6.92. The molecule has 0 aromatic carbocycles. The third kappa shape index (κ3) is 15.3. The van der Waals surface area contributed by atoms with Crippen molar-refractivity contribution in [1.29, 1.82) is 0 Å². The largest absolute Gasteiger partial charge is 0.474 e. The van der Waals surface area contributed by atoms with E-state index in [2.05, 4.69) is 91.9 Å². The molecule has 5 amide bonds. The molecule has 11 aliphatic rings. The highest BCUT2D eigenvalue weighted by atomic mass is 31.0. The molecule has 1 aliphatic carbocycles. The zero-order valence-corrected chi connectivity index (χ0v) is 70.5. The summed E-state index contributed by atoms with van der Waals surface area (Å²) < 4.78 is 79.3. The number of piperidine rings is 4. The molecule has 0 N–H and O–H groups in total. The maximum Gasteiger partial charge on any atom is 0.392 e. The van der Waals surface area contributed by atoms with Crippen LogP contribution in [0.4, 0.5) is 13.2 Å². The van der Waals surface area contributed by atoms with E-state index in [4.69, 9.17) is 27.4 Å². The Bertz CT molecular complexity index is 4640. The van der Waals surface area contributed by atoms with Gasteiger partial charge in [0.05, 0.1) is 66.5 Å². The summed E-state index contributed by atoms with van der Waals surface area (Å²) in [4.78, 5) is 133. The Labute approximate surface area is 658 Å². The molecule has 1 spiro atoms. The first-order valence-electron chi connectivity index (χ1n) is 38.0. The molecular formula is C73H101F3N15O16P5. The van der Waals surface area contributed by atoms with Gasteiger partial charge in [-0.1, -0.05) is 6.92 Å². The molecular weight excluding hydrogens is 1550 g/mol. The molecule has 16 rings (SSSR count). The van der Waals surface area contributed by atoms with Crippen molar-refractivity contribution < 1.29 is 64.5 Å². The average molecular weight is 1660 g/mol. The van der Waals surface area contributed by atoms with Gasteiger partial charge in [-0.2, -0.15) is 13.2 Å². The van der Waals surface area contributed by atoms with Crippen LogP contribution in [0.3, 0.4) is 0 Å². The van der Waals surface area contributed by atoms with Gasteiger partial charge in [0.2, 0.25) is 55.9 Å². The highest BCUT2D eigenvalue weighted by molar-refractivity contribution is 7.11. The fourth-order valence-corrected chi connectivity index (χ4v) is 18.6. The predicted molar refractivity (Wildman–Crippen MR) is 429 cm³/mol. The molecule has 10 aliphatic heterocycles. The quantitative estimate of drug-likeness (QED) is 0.128. The minimum Gasteiger partial charge on any atom is -0.474 e. The van der Waals surface area contributed by atoms with E-state index >= 15 is 0 Å². The van der Waals surface area contributed by atoms with Crippen molar-refractivity contribution in [3.05, 3.63) is 141 Å². The number of amides is 5. The van der Waals surface area contributed by atoms with Crippen LogP contribution in [0, 0.1) is 17.3 Å². The highest BCUT2D eigenvalue weighted by Crippen LogP contribution is 2.56. The summed E-state index contributed by atoms with van der Waals surface area (Å²) in [6, 6.07) is 7.58. The number of rotatable bonds is 10. The first-order valence-corrected chi connectivity index (χ1v) is 40.3. The number of carbonyl (C=O) groups excluding carboxylic acids is 5. The summed E-state index contributed by atoms with van der Waals surface area (Å²) in [6.07, 6.45) is 12.4. The molecule has 12 atom stereocenters. The number of ether oxygens (including phenoxy) is 1. The number of nitrogens with zero attached hydrogens (tertiary/aromatic N) is 15. The van der Waals surface area contributed by atoms with Gasteiger partial charge < -0.3 is 51.9 Å². The maximum atomic E-state index is 13.2. The third-order valence-electron chi connectivity index (χ3n) is 22.7. The Hall–Kier alpha value is -8.00. The molecule has 39 heteroatoms. The Morgan fingerprint density at radius 2 is 0.741 bits per heavy atom. The first kappa shape index (κ1) is 83.4. The lowest BCUT2D eigenvalue weighted by Crippen LogP contribution is -2.67. The second-order valence-corrected chi connectivity index (χ2v) is 32.5. The summed E-state index contributed by atoms with van der Waals surface area (Å²) >= 11 is 0. The van der Waals surface area contributed by atoms with E-state index in [1.807, 2.05) is 71.0 Å². The van der Waals surface area contributed by atoms with E-state index in [1.165, 1.54) is 58.9 Å². The van der Waals surface area contributed by atoms with Gasteiger partial charge in [-0.15, -0.1) is 0 Å². The SMILES string of the molecule is CC(C)N1[C@@H]2CC3(CCN2C(=O)c2c(OP)c(=O)ccn21)CC3.CC(C)N1[C@@H]2CCCCN2C(=O)c2c(OP)c(=O)ccn21.CC(C)N1[C@@H]2CC[C@@H](C)CN2C(=O)c2c(OP)c(=O)ccn21.CC(C)N1[C@@H]2COCCN2C(=O)c2c(OP)c(=O)ccn21.CC(C)N1[C@@H]2C[C@@H](C(F)(F)F)CCN2C(=O)c2c(OP)c(=O)ccn21. The molecule has 5 saturated heterocycles. The van der Waals surface area contributed by atoms with Crippen molar-refractivity contribution >= 4 is 76.9 Å². The van der Waals surface area contributed by atoms with Gasteiger partial charge in [-0.25, -0.2) is 0 Å². The molecule has 0 bridgehead atoms. The lowest BCUT2D eigenvalue weighted by molar-refractivity contribution is -0.189. The molecule has 0 radical (unpaired) electrons. The van der Waals surface area contributed by atoms with Gasteiger partial charge in [0.15, 0.2) is 28.5 Å². The minimum absolute atomic E-state index is 0.0176. The van der Waals surface area contributed by atoms with Crippen molar-refractivity contribution in [2.45, 2.75) is 214 Å². The van der Waals surface area contributed by atoms with E-state index in [1.54, 1.807) is 48.7 Å². The molecule has 610 valence electrons. The number of carbonyl (C=O) groups is 5. The number of aromatic nitrogens is 5. The van der Waals surface area contributed by atoms with Crippen molar-refractivity contribution in [1.82, 2.24) is 47.9 Å². The van der Waals surface area contributed by atoms with Crippen LogP contribution in [0.15, 0.2) is 85.3 Å². The minimum atomic E-state index is -4.30. The second kappa shape index (κ2) is 33.4. The summed E-state index contributed by atoms with van der Waals surface area (Å²) in [7, 11) is 10.2. The number of alkyl halides is 3. The molecule has 6 fully saturated rings. The molecule has 15 heterocycles. The summed E-state index contributed by atoms with van der Waals surface area (Å²) in [6.45, 7) is 26.1. The monoisotopic (exact) mass is 1660 g/mol. The van der Waals surface area contributed by atoms with Crippen LogP contribution in [0.25, 0.3) is 0 Å². The fraction of sp³-hybridized carbons (Fsp3) is 0.589. The number of hydrogen-bond acceptors (Lipinski definition) is 21. The van der Waals surface area contributed by atoms with Gasteiger partial charge in [0.1, 0.15) is 30.8 Å². The Kier molecular flexibility index (Phi) is 24.9. The van der Waals surface area contributed by atoms with Gasteiger partial charge in [0, 0.05) is 124 Å². The smallest absolute Gasteiger partial charge is 0.392 e. The van der Waals surface area contributed by atoms with E-state index in [9.17, 15) is 61.1 Å². The molecule has 112 heavy (non-hydrogen) atoms. The van der Waals surface area contributed by atoms with Gasteiger partial charge in [-0.3, -0.25) is 96.4 Å². The van der Waals surface area contributed by atoms with Gasteiger partial charge in [0.25, 0.3) is 29.5 Å². The second-order valence-electron chi connectivity index (χ2n) is 31.3. The number of fused-ring (bicyclic) bond motifs is 10. The normalized spacial score (nSPS) is 23.1. The lowest BCUT2D eigenvalue weighted by atomic mass is 9.89. The van der Waals surface area contributed by atoms with Crippen LogP contribution in [0.1, 0.15) is 199 Å². The van der Waals surface area contributed by atoms with Crippen LogP contribution in [0.5, 0.6) is 28.7 Å². The number of hydrogen-bond donors (Lipinski definition) is 0. The zero-order valence-electron chi connectivity index (χ0n) is 64.7. The van der Waals surface area contributed by atoms with Crippen LogP contribution in [-0.4, -0.2) is 191 Å². The number of pyridine rings is 5. The zero-order chi connectivity index (χ0) is 81.2. The number of morpholine rings is 1. The first-order chi connectivity index (χ1) is 53.2. The van der Waals surface area contributed by atoms with Crippen molar-refractivity contribution in [3.63, 3.8) is 0 Å². The van der Waals surface area contributed by atoms with E-state index in [-0.39, 0.29) is 160 Å². The van der Waals surface area contributed by atoms with E-state index < -0.39 is 29.6 Å². The number of halogens is 3. The molecule has 5 aromatic heterocycles. The van der Waals surface area contributed by atoms with Crippen molar-refractivity contribution in [3.8, 4) is 28.7 Å². The molecule has 5 unspecified atom stereocenters. The van der Waals surface area contributed by atoms with Crippen LogP contribution >= 0.6 is 47.3 Å². The fourth-order valence-electron chi connectivity index (χ4n) is 17.5. The molecule has 5 aromatic rings. The maximum absolute atomic E-state index is 13.2. The van der Waals surface area contributed by atoms with Crippen molar-refractivity contribution in [2.24, 2.45) is 17.3 Å². The standard InChI is InChI=1S/C16H22N3O3P.C15H19F3N3O3P.C15H22N3O3P.C14H20N3O3P.C13H18N3O4P/c1-10(2)19-12-9-16(4-5-16)6-8-17(12)15(21)13-14(22-23)11(20)3-7-18(13)19;1-8(2)21-11-7-9(15(16,17)18)3-5-19(11)14(23)12-13(24-25)10(22)4-6-20(12)21;1-9(2)18-12-5-4-10(3)8-16(12)15(20)13-14(21-22)11(19)6-7-17(13)18;1-9(2)17-11-5-3-4-7-15(11)14(19)12-13(20-21)10(18)6-8-16(12)17;1-8(2)16-10-7-19-6-5-14(10)13(18)11-12(20-21)9(17)3-4-15(11)16/h3,7,10,12H,4-6,8-9,23H2,1-2H3;4,6,8-9,11H,3,5,7,25H2,1-2H3;6-7,9-10,12H,4-5,8,22H2,1-3H3;6,8-9,11H,3-5,7,21H2,1-2H3;3-4,8,10H,5-7,21H2,1-2H3/t12-;9-,11+;10-,12-;11-;10-/m10111/s1. The van der Waals surface area contributed by atoms with E-state index in [0.29, 0.717) is 54.7 Å². The Balaban J connectivity index is 0.000000130. The third-order valence-corrected chi connectivity index (χ3v) is 23.9. The lowest BCUT2D eigenvalue weighted by Gasteiger charge is -2.52.